The molecule has 0 aliphatic carbocycles. The van der Waals surface area contributed by atoms with E-state index in [2.05, 4.69) is 10.6 Å². The molecule has 0 amide bonds. The average Bonchev–Trinajstić information content (AvgIpc) is 2.79. The first kappa shape index (κ1) is 11.4. The van der Waals surface area contributed by atoms with Crippen LogP contribution in [0.3, 0.4) is 0 Å². The smallest absolute Gasteiger partial charge is 0.0495 e. The Labute approximate surface area is 93.0 Å². The quantitative estimate of drug-likeness (QED) is 0.667. The fraction of sp³-hybridized carbons (Fsp3) is 1.00. The Morgan fingerprint density at radius 1 is 1.27 bits per heavy atom. The summed E-state index contributed by atoms with van der Waals surface area (Å²) in [6, 6.07) is 0. The summed E-state index contributed by atoms with van der Waals surface area (Å²) in [6.07, 6.45) is 5.31. The monoisotopic (exact) mass is 212 g/mol. The SMILES string of the molecule is C1CNCC(CNCCC2CCOC2)C1. The summed E-state index contributed by atoms with van der Waals surface area (Å²) < 4.78 is 5.37. The summed E-state index contributed by atoms with van der Waals surface area (Å²) >= 11 is 0. The van der Waals surface area contributed by atoms with Crippen LogP contribution >= 0.6 is 0 Å². The molecule has 0 aromatic heterocycles. The molecule has 2 atom stereocenters. The third kappa shape index (κ3) is 4.09. The van der Waals surface area contributed by atoms with Gasteiger partial charge in [0.1, 0.15) is 0 Å². The van der Waals surface area contributed by atoms with Gasteiger partial charge in [0.05, 0.1) is 0 Å². The molecule has 2 heterocycles. The molecule has 0 spiro atoms. The second-order valence-electron chi connectivity index (χ2n) is 4.93. The molecule has 0 bridgehead atoms. The van der Waals surface area contributed by atoms with E-state index in [1.165, 1.54) is 51.9 Å². The Balaban J connectivity index is 1.47. The first-order valence-corrected chi connectivity index (χ1v) is 6.44. The molecule has 0 saturated carbocycles. The number of piperidine rings is 1. The molecule has 2 aliphatic rings. The van der Waals surface area contributed by atoms with Crippen LogP contribution in [-0.4, -0.2) is 39.4 Å². The van der Waals surface area contributed by atoms with Gasteiger partial charge in [-0.3, -0.25) is 0 Å². The van der Waals surface area contributed by atoms with Gasteiger partial charge in [0.25, 0.3) is 0 Å². The fourth-order valence-corrected chi connectivity index (χ4v) is 2.52. The van der Waals surface area contributed by atoms with Gasteiger partial charge in [-0.1, -0.05) is 0 Å². The summed E-state index contributed by atoms with van der Waals surface area (Å²) in [7, 11) is 0. The lowest BCUT2D eigenvalue weighted by molar-refractivity contribution is 0.184. The van der Waals surface area contributed by atoms with Crippen LogP contribution in [0.1, 0.15) is 25.7 Å². The van der Waals surface area contributed by atoms with E-state index in [9.17, 15) is 0 Å². The molecule has 2 fully saturated rings. The van der Waals surface area contributed by atoms with Crippen LogP contribution < -0.4 is 10.6 Å². The Hall–Kier alpha value is -0.120. The van der Waals surface area contributed by atoms with Crippen LogP contribution in [0.4, 0.5) is 0 Å². The zero-order chi connectivity index (χ0) is 10.3. The first-order chi connectivity index (χ1) is 7.45. The summed E-state index contributed by atoms with van der Waals surface area (Å²) in [5.74, 6) is 1.68. The van der Waals surface area contributed by atoms with Crippen molar-refractivity contribution in [1.82, 2.24) is 10.6 Å². The highest BCUT2D eigenvalue weighted by molar-refractivity contribution is 4.72. The highest BCUT2D eigenvalue weighted by atomic mass is 16.5. The number of hydrogen-bond donors (Lipinski definition) is 2. The van der Waals surface area contributed by atoms with Crippen molar-refractivity contribution in [2.45, 2.75) is 25.7 Å². The third-order valence-corrected chi connectivity index (χ3v) is 3.59. The van der Waals surface area contributed by atoms with E-state index >= 15 is 0 Å². The lowest BCUT2D eigenvalue weighted by atomic mass is 9.99. The molecule has 2 N–H and O–H groups in total. The van der Waals surface area contributed by atoms with Crippen LogP contribution in [0.5, 0.6) is 0 Å². The van der Waals surface area contributed by atoms with Crippen molar-refractivity contribution < 1.29 is 4.74 Å². The maximum atomic E-state index is 5.37. The van der Waals surface area contributed by atoms with Crippen molar-refractivity contribution in [2.24, 2.45) is 11.8 Å². The van der Waals surface area contributed by atoms with Gasteiger partial charge in [-0.15, -0.1) is 0 Å². The summed E-state index contributed by atoms with van der Waals surface area (Å²) in [6.45, 7) is 6.77. The molecular formula is C12H24N2O. The predicted molar refractivity (Wildman–Crippen MR) is 62.0 cm³/mol. The van der Waals surface area contributed by atoms with Gasteiger partial charge in [0.2, 0.25) is 0 Å². The van der Waals surface area contributed by atoms with Crippen LogP contribution in [0.25, 0.3) is 0 Å². The van der Waals surface area contributed by atoms with Crippen molar-refractivity contribution >= 4 is 0 Å². The van der Waals surface area contributed by atoms with Gasteiger partial charge in [0.15, 0.2) is 0 Å². The number of hydrogen-bond acceptors (Lipinski definition) is 3. The van der Waals surface area contributed by atoms with Gasteiger partial charge < -0.3 is 15.4 Å². The highest BCUT2D eigenvalue weighted by Gasteiger charge is 2.15. The largest absolute Gasteiger partial charge is 0.381 e. The standard InChI is InChI=1S/C12H24N2O/c1-2-12(8-13-5-1)9-14-6-3-11-4-7-15-10-11/h11-14H,1-10H2. The molecular weight excluding hydrogens is 188 g/mol. The van der Waals surface area contributed by atoms with Crippen LogP contribution in [0.15, 0.2) is 0 Å². The van der Waals surface area contributed by atoms with Gasteiger partial charge >= 0.3 is 0 Å². The van der Waals surface area contributed by atoms with Crippen molar-refractivity contribution in [1.29, 1.82) is 0 Å². The van der Waals surface area contributed by atoms with E-state index < -0.39 is 0 Å². The zero-order valence-electron chi connectivity index (χ0n) is 9.63. The highest BCUT2D eigenvalue weighted by Crippen LogP contribution is 2.15. The number of ether oxygens (including phenoxy) is 1. The molecule has 0 aromatic rings. The molecule has 88 valence electrons. The van der Waals surface area contributed by atoms with Crippen LogP contribution in [-0.2, 0) is 4.74 Å². The van der Waals surface area contributed by atoms with Crippen molar-refractivity contribution in [3.8, 4) is 0 Å². The van der Waals surface area contributed by atoms with E-state index in [4.69, 9.17) is 4.74 Å². The maximum absolute atomic E-state index is 5.37. The van der Waals surface area contributed by atoms with E-state index in [0.29, 0.717) is 0 Å². The molecule has 3 nitrogen and oxygen atoms in total. The number of nitrogens with one attached hydrogen (secondary N) is 2. The van der Waals surface area contributed by atoms with Gasteiger partial charge in [-0.2, -0.15) is 0 Å². The molecule has 2 rings (SSSR count). The van der Waals surface area contributed by atoms with Gasteiger partial charge in [-0.05, 0) is 63.7 Å². The van der Waals surface area contributed by atoms with E-state index in [0.717, 1.165) is 25.0 Å². The third-order valence-electron chi connectivity index (χ3n) is 3.59. The van der Waals surface area contributed by atoms with Crippen LogP contribution in [0.2, 0.25) is 0 Å². The maximum Gasteiger partial charge on any atom is 0.0495 e. The second kappa shape index (κ2) is 6.46. The fourth-order valence-electron chi connectivity index (χ4n) is 2.52. The molecule has 2 unspecified atom stereocenters. The minimum atomic E-state index is 0.821. The topological polar surface area (TPSA) is 33.3 Å². The zero-order valence-corrected chi connectivity index (χ0v) is 9.63. The van der Waals surface area contributed by atoms with Gasteiger partial charge in [-0.25, -0.2) is 0 Å². The summed E-state index contributed by atoms with van der Waals surface area (Å²) in [5.41, 5.74) is 0. The predicted octanol–water partition coefficient (Wildman–Crippen LogP) is 1.00. The summed E-state index contributed by atoms with van der Waals surface area (Å²) in [5, 5.41) is 7.04. The van der Waals surface area contributed by atoms with E-state index in [1.54, 1.807) is 0 Å². The summed E-state index contributed by atoms with van der Waals surface area (Å²) in [4.78, 5) is 0. The normalized spacial score (nSPS) is 32.0. The molecule has 15 heavy (non-hydrogen) atoms. The Bertz CT molecular complexity index is 163. The molecule has 2 aliphatic heterocycles. The Kier molecular flexibility index (Phi) is 4.90. The molecule has 2 saturated heterocycles. The Morgan fingerprint density at radius 2 is 2.27 bits per heavy atom. The minimum absolute atomic E-state index is 0.821. The lowest BCUT2D eigenvalue weighted by Crippen LogP contribution is -2.36. The van der Waals surface area contributed by atoms with E-state index in [-0.39, 0.29) is 0 Å². The minimum Gasteiger partial charge on any atom is -0.381 e. The lowest BCUT2D eigenvalue weighted by Gasteiger charge is -2.23. The van der Waals surface area contributed by atoms with Crippen molar-refractivity contribution in [3.63, 3.8) is 0 Å². The van der Waals surface area contributed by atoms with Crippen LogP contribution in [0, 0.1) is 11.8 Å². The van der Waals surface area contributed by atoms with Crippen molar-refractivity contribution in [2.75, 3.05) is 39.4 Å². The average molecular weight is 212 g/mol. The van der Waals surface area contributed by atoms with Crippen molar-refractivity contribution in [3.05, 3.63) is 0 Å². The first-order valence-electron chi connectivity index (χ1n) is 6.44. The van der Waals surface area contributed by atoms with Gasteiger partial charge in [0, 0.05) is 13.2 Å². The second-order valence-corrected chi connectivity index (χ2v) is 4.93. The molecule has 3 heteroatoms. The Morgan fingerprint density at radius 3 is 3.00 bits per heavy atom. The number of rotatable bonds is 5. The molecule has 0 aromatic carbocycles. The van der Waals surface area contributed by atoms with E-state index in [1.807, 2.05) is 0 Å². The molecule has 0 radical (unpaired) electrons.